The number of carbonyl (C=O) groups is 2. The minimum absolute atomic E-state index is 0.194. The number of imide groups is 1. The molecule has 0 aliphatic carbocycles. The van der Waals surface area contributed by atoms with Gasteiger partial charge in [0.1, 0.15) is 6.54 Å². The molecule has 0 saturated carbocycles. The first-order valence-electron chi connectivity index (χ1n) is 6.57. The van der Waals surface area contributed by atoms with Gasteiger partial charge in [-0.1, -0.05) is 19.1 Å². The molecule has 1 aromatic rings. The summed E-state index contributed by atoms with van der Waals surface area (Å²) in [6.07, 6.45) is -4.01. The topological polar surface area (TPSA) is 40.6 Å². The summed E-state index contributed by atoms with van der Waals surface area (Å²) < 4.78 is 39.0. The molecule has 1 fully saturated rings. The molecule has 21 heavy (non-hydrogen) atoms. The Balaban J connectivity index is 2.44. The molecule has 2 rings (SSSR count). The van der Waals surface area contributed by atoms with E-state index in [0.717, 1.165) is 12.1 Å². The first-order chi connectivity index (χ1) is 9.77. The number of hydrogen-bond acceptors (Lipinski definition) is 2. The number of urea groups is 1. The number of nitrogens with zero attached hydrogens (tertiary/aromatic N) is 2. The van der Waals surface area contributed by atoms with Crippen LogP contribution in [0, 0.1) is 0 Å². The maximum absolute atomic E-state index is 13.0. The summed E-state index contributed by atoms with van der Waals surface area (Å²) >= 11 is 0. The Morgan fingerprint density at radius 1 is 1.24 bits per heavy atom. The maximum atomic E-state index is 13.0. The third-order valence-corrected chi connectivity index (χ3v) is 3.57. The van der Waals surface area contributed by atoms with Gasteiger partial charge in [0.2, 0.25) is 0 Å². The predicted octanol–water partition coefficient (Wildman–Crippen LogP) is 3.27. The number of amides is 3. The molecule has 0 radical (unpaired) electrons. The molecule has 1 unspecified atom stereocenters. The third kappa shape index (κ3) is 2.72. The molecule has 0 N–H and O–H groups in total. The van der Waals surface area contributed by atoms with Gasteiger partial charge in [-0.15, -0.1) is 0 Å². The van der Waals surface area contributed by atoms with Crippen molar-refractivity contribution >= 4 is 17.6 Å². The molecule has 1 atom stereocenters. The van der Waals surface area contributed by atoms with E-state index in [9.17, 15) is 22.8 Å². The van der Waals surface area contributed by atoms with E-state index in [-0.39, 0.29) is 12.6 Å². The number of rotatable bonds is 3. The molecular weight excluding hydrogens is 285 g/mol. The van der Waals surface area contributed by atoms with Crippen molar-refractivity contribution < 1.29 is 22.8 Å². The molecule has 1 saturated heterocycles. The van der Waals surface area contributed by atoms with Gasteiger partial charge >= 0.3 is 12.2 Å². The SMILES string of the molecule is CCC(C)N1CC(=O)N(c2ccccc2C(F)(F)F)C1=O. The van der Waals surface area contributed by atoms with Gasteiger partial charge in [0.25, 0.3) is 5.91 Å². The van der Waals surface area contributed by atoms with Gasteiger partial charge in [-0.25, -0.2) is 9.69 Å². The van der Waals surface area contributed by atoms with Crippen LogP contribution in [0.2, 0.25) is 0 Å². The molecule has 7 heteroatoms. The number of benzene rings is 1. The first-order valence-corrected chi connectivity index (χ1v) is 6.57. The lowest BCUT2D eigenvalue weighted by Gasteiger charge is -2.23. The van der Waals surface area contributed by atoms with E-state index < -0.39 is 29.4 Å². The second kappa shape index (κ2) is 5.38. The van der Waals surface area contributed by atoms with E-state index in [1.807, 2.05) is 6.92 Å². The number of para-hydroxylation sites is 1. The van der Waals surface area contributed by atoms with Gasteiger partial charge in [-0.2, -0.15) is 13.2 Å². The number of hydrogen-bond donors (Lipinski definition) is 0. The summed E-state index contributed by atoms with van der Waals surface area (Å²) in [5, 5.41) is 0. The van der Waals surface area contributed by atoms with Gasteiger partial charge in [-0.3, -0.25) is 4.79 Å². The Morgan fingerprint density at radius 2 is 1.86 bits per heavy atom. The quantitative estimate of drug-likeness (QED) is 0.804. The van der Waals surface area contributed by atoms with Crippen LogP contribution in [0.1, 0.15) is 25.8 Å². The highest BCUT2D eigenvalue weighted by Gasteiger charge is 2.43. The molecule has 1 aromatic carbocycles. The Bertz CT molecular complexity index is 572. The molecule has 4 nitrogen and oxygen atoms in total. The summed E-state index contributed by atoms with van der Waals surface area (Å²) in [4.78, 5) is 26.2. The van der Waals surface area contributed by atoms with Crippen LogP contribution < -0.4 is 4.90 Å². The lowest BCUT2D eigenvalue weighted by atomic mass is 10.1. The minimum Gasteiger partial charge on any atom is -0.312 e. The fraction of sp³-hybridized carbons (Fsp3) is 0.429. The number of alkyl halides is 3. The van der Waals surface area contributed by atoms with Crippen LogP contribution in [0.15, 0.2) is 24.3 Å². The monoisotopic (exact) mass is 300 g/mol. The zero-order valence-corrected chi connectivity index (χ0v) is 11.6. The first kappa shape index (κ1) is 15.3. The van der Waals surface area contributed by atoms with E-state index in [4.69, 9.17) is 0 Å². The summed E-state index contributed by atoms with van der Waals surface area (Å²) in [6.45, 7) is 3.40. The van der Waals surface area contributed by atoms with Crippen LogP contribution in [0.5, 0.6) is 0 Å². The average Bonchev–Trinajstić information content (AvgIpc) is 2.72. The van der Waals surface area contributed by atoms with Crippen molar-refractivity contribution in [2.45, 2.75) is 32.5 Å². The highest BCUT2D eigenvalue weighted by molar-refractivity contribution is 6.20. The zero-order chi connectivity index (χ0) is 15.8. The molecule has 1 aliphatic rings. The number of anilines is 1. The van der Waals surface area contributed by atoms with Crippen molar-refractivity contribution in [3.63, 3.8) is 0 Å². The van der Waals surface area contributed by atoms with Crippen LogP contribution in [-0.4, -0.2) is 29.4 Å². The molecule has 114 valence electrons. The highest BCUT2D eigenvalue weighted by Crippen LogP contribution is 2.38. The lowest BCUT2D eigenvalue weighted by molar-refractivity contribution is -0.137. The summed E-state index contributed by atoms with van der Waals surface area (Å²) in [7, 11) is 0. The van der Waals surface area contributed by atoms with Crippen molar-refractivity contribution in [2.24, 2.45) is 0 Å². The molecule has 0 aromatic heterocycles. The van der Waals surface area contributed by atoms with E-state index in [1.54, 1.807) is 6.92 Å². The summed E-state index contributed by atoms with van der Waals surface area (Å²) in [6, 6.07) is 3.69. The fourth-order valence-electron chi connectivity index (χ4n) is 2.23. The molecule has 1 heterocycles. The molecular formula is C14H15F3N2O2. The Kier molecular flexibility index (Phi) is 3.93. The minimum atomic E-state index is -4.62. The van der Waals surface area contributed by atoms with Gasteiger partial charge in [0, 0.05) is 6.04 Å². The lowest BCUT2D eigenvalue weighted by Crippen LogP contribution is -2.38. The Labute approximate surface area is 120 Å². The molecule has 0 bridgehead atoms. The molecule has 1 aliphatic heterocycles. The van der Waals surface area contributed by atoms with E-state index in [2.05, 4.69) is 0 Å². The second-order valence-electron chi connectivity index (χ2n) is 4.91. The highest BCUT2D eigenvalue weighted by atomic mass is 19.4. The van der Waals surface area contributed by atoms with Crippen molar-refractivity contribution in [3.05, 3.63) is 29.8 Å². The summed E-state index contributed by atoms with van der Waals surface area (Å²) in [5.74, 6) is -0.642. The summed E-state index contributed by atoms with van der Waals surface area (Å²) in [5.41, 5.74) is -1.40. The average molecular weight is 300 g/mol. The Morgan fingerprint density at radius 3 is 2.43 bits per heavy atom. The van der Waals surface area contributed by atoms with Crippen molar-refractivity contribution in [1.82, 2.24) is 4.90 Å². The number of carbonyl (C=O) groups excluding carboxylic acids is 2. The van der Waals surface area contributed by atoms with Crippen LogP contribution in [-0.2, 0) is 11.0 Å². The van der Waals surface area contributed by atoms with Crippen molar-refractivity contribution in [3.8, 4) is 0 Å². The van der Waals surface area contributed by atoms with Crippen molar-refractivity contribution in [1.29, 1.82) is 0 Å². The van der Waals surface area contributed by atoms with E-state index in [1.165, 1.54) is 17.0 Å². The van der Waals surface area contributed by atoms with Gasteiger partial charge in [-0.05, 0) is 25.5 Å². The zero-order valence-electron chi connectivity index (χ0n) is 11.6. The molecule has 3 amide bonds. The second-order valence-corrected chi connectivity index (χ2v) is 4.91. The fourth-order valence-corrected chi connectivity index (χ4v) is 2.23. The third-order valence-electron chi connectivity index (χ3n) is 3.57. The van der Waals surface area contributed by atoms with E-state index in [0.29, 0.717) is 11.3 Å². The smallest absolute Gasteiger partial charge is 0.312 e. The maximum Gasteiger partial charge on any atom is 0.418 e. The van der Waals surface area contributed by atoms with E-state index >= 15 is 0 Å². The standard InChI is InChI=1S/C14H15F3N2O2/c1-3-9(2)18-8-12(20)19(13(18)21)11-7-5-4-6-10(11)14(15,16)17/h4-7,9H,3,8H2,1-2H3. The van der Waals surface area contributed by atoms with Gasteiger partial charge in [0.15, 0.2) is 0 Å². The van der Waals surface area contributed by atoms with Crippen LogP contribution in [0.25, 0.3) is 0 Å². The van der Waals surface area contributed by atoms with Crippen LogP contribution >= 0.6 is 0 Å². The largest absolute Gasteiger partial charge is 0.418 e. The number of halogens is 3. The predicted molar refractivity (Wildman–Crippen MR) is 70.8 cm³/mol. The molecule has 0 spiro atoms. The van der Waals surface area contributed by atoms with Crippen LogP contribution in [0.3, 0.4) is 0 Å². The van der Waals surface area contributed by atoms with Gasteiger partial charge < -0.3 is 4.90 Å². The Hall–Kier alpha value is -2.05. The normalized spacial score (nSPS) is 17.6. The van der Waals surface area contributed by atoms with Gasteiger partial charge in [0.05, 0.1) is 11.3 Å². The van der Waals surface area contributed by atoms with Crippen LogP contribution in [0.4, 0.5) is 23.7 Å². The van der Waals surface area contributed by atoms with Crippen molar-refractivity contribution in [2.75, 3.05) is 11.4 Å².